The Hall–Kier alpha value is -5.16. The van der Waals surface area contributed by atoms with Crippen LogP contribution >= 0.6 is 0 Å². The van der Waals surface area contributed by atoms with Crippen LogP contribution in [0.3, 0.4) is 0 Å². The van der Waals surface area contributed by atoms with Crippen LogP contribution in [0.15, 0.2) is 102 Å². The van der Waals surface area contributed by atoms with Crippen LogP contribution in [0.5, 0.6) is 0 Å². The Morgan fingerprint density at radius 3 is 2.00 bits per heavy atom. The van der Waals surface area contributed by atoms with Crippen LogP contribution in [0.1, 0.15) is 23.1 Å². The van der Waals surface area contributed by atoms with E-state index in [0.717, 1.165) is 23.1 Å². The van der Waals surface area contributed by atoms with Crippen molar-refractivity contribution in [1.29, 1.82) is 0 Å². The highest BCUT2D eigenvalue weighted by atomic mass is 16.4. The Morgan fingerprint density at radius 1 is 0.927 bits per heavy atom. The van der Waals surface area contributed by atoms with Gasteiger partial charge < -0.3 is 20.4 Å². The molecule has 0 saturated heterocycles. The van der Waals surface area contributed by atoms with Gasteiger partial charge in [0, 0.05) is 26.2 Å². The van der Waals surface area contributed by atoms with E-state index in [1.807, 2.05) is 54.6 Å². The first-order valence-electron chi connectivity index (χ1n) is 13.3. The second-order valence-corrected chi connectivity index (χ2v) is 9.46. The number of amides is 2. The van der Waals surface area contributed by atoms with Crippen LogP contribution in [0, 0.1) is 0 Å². The molecule has 0 fully saturated rings. The van der Waals surface area contributed by atoms with Crippen LogP contribution in [0.25, 0.3) is 0 Å². The quantitative estimate of drug-likeness (QED) is 0.123. The SMILES string of the molecule is O=C(O)N=C(NC(=O)O)N(CCNC(c1ccccc1)(c1ccccc1)c1ccccc1)c1cnn2c1NCCC2. The van der Waals surface area contributed by atoms with Gasteiger partial charge in [-0.3, -0.25) is 10.6 Å². The van der Waals surface area contributed by atoms with Crippen molar-refractivity contribution in [3.63, 3.8) is 0 Å². The second-order valence-electron chi connectivity index (χ2n) is 9.46. The van der Waals surface area contributed by atoms with Crippen LogP contribution in [0.2, 0.25) is 0 Å². The first-order valence-corrected chi connectivity index (χ1v) is 13.3. The van der Waals surface area contributed by atoms with Gasteiger partial charge in [0.15, 0.2) is 0 Å². The summed E-state index contributed by atoms with van der Waals surface area (Å²) in [4.78, 5) is 28.4. The summed E-state index contributed by atoms with van der Waals surface area (Å²) in [6.45, 7) is 1.87. The number of anilines is 2. The van der Waals surface area contributed by atoms with Crippen LogP contribution < -0.4 is 20.9 Å². The van der Waals surface area contributed by atoms with Crippen molar-refractivity contribution in [3.05, 3.63) is 114 Å². The minimum absolute atomic E-state index is 0.168. The average Bonchev–Trinajstić information content (AvgIpc) is 3.42. The van der Waals surface area contributed by atoms with E-state index in [1.165, 1.54) is 4.90 Å². The number of aryl methyl sites for hydroxylation is 1. The third-order valence-electron chi connectivity index (χ3n) is 6.97. The van der Waals surface area contributed by atoms with Crippen LogP contribution in [-0.2, 0) is 12.1 Å². The number of nitrogens with one attached hydrogen (secondary N) is 3. The molecule has 2 heterocycles. The Labute approximate surface area is 237 Å². The van der Waals surface area contributed by atoms with E-state index >= 15 is 0 Å². The van der Waals surface area contributed by atoms with Gasteiger partial charge in [-0.25, -0.2) is 14.3 Å². The monoisotopic (exact) mass is 553 g/mol. The number of carbonyl (C=O) groups is 2. The molecule has 4 aromatic rings. The molecule has 0 bridgehead atoms. The van der Waals surface area contributed by atoms with Gasteiger partial charge in [-0.05, 0) is 23.1 Å². The predicted octanol–water partition coefficient (Wildman–Crippen LogP) is 4.39. The highest BCUT2D eigenvalue weighted by molar-refractivity contribution is 6.08. The zero-order valence-corrected chi connectivity index (χ0v) is 22.3. The van der Waals surface area contributed by atoms with Gasteiger partial charge in [0.25, 0.3) is 0 Å². The summed E-state index contributed by atoms with van der Waals surface area (Å²) in [5.74, 6) is 0.335. The summed E-state index contributed by atoms with van der Waals surface area (Å²) >= 11 is 0. The summed E-state index contributed by atoms with van der Waals surface area (Å²) in [7, 11) is 0. The molecule has 41 heavy (non-hydrogen) atoms. The number of guanidine groups is 1. The average molecular weight is 554 g/mol. The van der Waals surface area contributed by atoms with Crippen molar-refractivity contribution in [2.75, 3.05) is 29.9 Å². The number of carboxylic acid groups (broad SMARTS) is 2. The van der Waals surface area contributed by atoms with Crippen molar-refractivity contribution in [1.82, 2.24) is 20.4 Å². The minimum atomic E-state index is -1.52. The largest absolute Gasteiger partial charge is 0.465 e. The van der Waals surface area contributed by atoms with Gasteiger partial charge in [-0.15, -0.1) is 4.99 Å². The number of hydrogen-bond donors (Lipinski definition) is 5. The van der Waals surface area contributed by atoms with E-state index in [-0.39, 0.29) is 12.5 Å². The first-order chi connectivity index (χ1) is 20.0. The molecule has 0 spiro atoms. The number of hydrogen-bond acceptors (Lipinski definition) is 5. The van der Waals surface area contributed by atoms with Crippen molar-refractivity contribution in [2.45, 2.75) is 18.5 Å². The molecule has 0 aliphatic carbocycles. The summed E-state index contributed by atoms with van der Waals surface area (Å²) in [5, 5.41) is 32.6. The van der Waals surface area contributed by atoms with E-state index in [4.69, 9.17) is 0 Å². The van der Waals surface area contributed by atoms with E-state index in [2.05, 4.69) is 62.4 Å². The lowest BCUT2D eigenvalue weighted by Gasteiger charge is -2.38. The topological polar surface area (TPSA) is 144 Å². The molecular formula is C30H31N7O4. The molecule has 2 amide bonds. The fraction of sp³-hybridized carbons (Fsp3) is 0.200. The van der Waals surface area contributed by atoms with Gasteiger partial charge in [-0.1, -0.05) is 91.0 Å². The number of nitrogens with zero attached hydrogens (tertiary/aromatic N) is 4. The molecule has 1 aliphatic rings. The van der Waals surface area contributed by atoms with Gasteiger partial charge in [0.1, 0.15) is 11.5 Å². The zero-order valence-electron chi connectivity index (χ0n) is 22.3. The normalized spacial score (nSPS) is 13.1. The Balaban J connectivity index is 1.57. The van der Waals surface area contributed by atoms with Crippen LogP contribution in [0.4, 0.5) is 21.1 Å². The van der Waals surface area contributed by atoms with Gasteiger partial charge in [0.2, 0.25) is 5.96 Å². The Bertz CT molecular complexity index is 1410. The predicted molar refractivity (Wildman–Crippen MR) is 157 cm³/mol. The molecule has 1 aliphatic heterocycles. The zero-order chi connectivity index (χ0) is 28.7. The molecule has 0 saturated carbocycles. The molecule has 0 radical (unpaired) electrons. The minimum Gasteiger partial charge on any atom is -0.465 e. The molecule has 5 N–H and O–H groups in total. The standard InChI is InChI=1S/C30H31N7O4/c38-28(39)34-27(35-29(40)41)36(25-21-33-37-19-10-17-31-26(25)37)20-18-32-30(22-11-4-1-5-12-22,23-13-6-2-7-14-23)24-15-8-3-9-16-24/h1-9,11-16,21,31-32H,10,17-20H2,(H,34,35)(H,38,39)(H,40,41). The summed E-state index contributed by atoms with van der Waals surface area (Å²) < 4.78 is 1.78. The third kappa shape index (κ3) is 5.89. The molecule has 0 atom stereocenters. The maximum Gasteiger partial charge on any atom is 0.434 e. The second kappa shape index (κ2) is 12.3. The molecular weight excluding hydrogens is 522 g/mol. The maximum atomic E-state index is 11.7. The fourth-order valence-corrected chi connectivity index (χ4v) is 5.27. The molecule has 0 unspecified atom stereocenters. The van der Waals surface area contributed by atoms with Gasteiger partial charge in [0.05, 0.1) is 11.7 Å². The van der Waals surface area contributed by atoms with Crippen molar-refractivity contribution in [2.24, 2.45) is 4.99 Å². The highest BCUT2D eigenvalue weighted by Crippen LogP contribution is 2.37. The van der Waals surface area contributed by atoms with E-state index < -0.39 is 17.7 Å². The lowest BCUT2D eigenvalue weighted by atomic mass is 9.77. The molecule has 5 rings (SSSR count). The Kier molecular flexibility index (Phi) is 8.26. The summed E-state index contributed by atoms with van der Waals surface area (Å²) in [6.07, 6.45) is -0.475. The molecule has 3 aromatic carbocycles. The van der Waals surface area contributed by atoms with Crippen molar-refractivity contribution < 1.29 is 19.8 Å². The number of fused-ring (bicyclic) bond motifs is 1. The number of aliphatic imine (C=N–C) groups is 1. The van der Waals surface area contributed by atoms with E-state index in [9.17, 15) is 19.8 Å². The lowest BCUT2D eigenvalue weighted by Crippen LogP contribution is -2.51. The van der Waals surface area contributed by atoms with Crippen LogP contribution in [-0.4, -0.2) is 57.8 Å². The number of rotatable bonds is 8. The number of aromatic nitrogens is 2. The molecule has 1 aromatic heterocycles. The highest BCUT2D eigenvalue weighted by Gasteiger charge is 2.36. The molecule has 210 valence electrons. The summed E-state index contributed by atoms with van der Waals surface area (Å²) in [5.41, 5.74) is 2.78. The van der Waals surface area contributed by atoms with E-state index in [1.54, 1.807) is 10.9 Å². The maximum absolute atomic E-state index is 11.7. The number of benzene rings is 3. The lowest BCUT2D eigenvalue weighted by molar-refractivity contribution is 0.200. The van der Waals surface area contributed by atoms with Crippen molar-refractivity contribution in [3.8, 4) is 0 Å². The first kappa shape index (κ1) is 27.4. The molecule has 11 heteroatoms. The smallest absolute Gasteiger partial charge is 0.434 e. The molecule has 11 nitrogen and oxygen atoms in total. The summed E-state index contributed by atoms with van der Waals surface area (Å²) in [6, 6.07) is 30.2. The fourth-order valence-electron chi connectivity index (χ4n) is 5.27. The van der Waals surface area contributed by atoms with Gasteiger partial charge in [-0.2, -0.15) is 5.10 Å². The Morgan fingerprint density at radius 2 is 1.49 bits per heavy atom. The third-order valence-corrected chi connectivity index (χ3v) is 6.97. The van der Waals surface area contributed by atoms with Crippen molar-refractivity contribution >= 4 is 29.7 Å². The van der Waals surface area contributed by atoms with E-state index in [0.29, 0.717) is 31.1 Å². The van der Waals surface area contributed by atoms with Gasteiger partial charge >= 0.3 is 12.2 Å².